The van der Waals surface area contributed by atoms with Crippen molar-refractivity contribution in [3.63, 3.8) is 0 Å². The highest BCUT2D eigenvalue weighted by Crippen LogP contribution is 2.43. The van der Waals surface area contributed by atoms with E-state index in [0.717, 1.165) is 44.7 Å². The van der Waals surface area contributed by atoms with Crippen LogP contribution in [-0.4, -0.2) is 4.57 Å². The monoisotopic (exact) mass is 556 g/mol. The first-order chi connectivity index (χ1) is 21.0. The molecule has 0 atom stereocenters. The zero-order valence-corrected chi connectivity index (χ0v) is 24.6. The highest BCUT2D eigenvalue weighted by molar-refractivity contribution is 6.11. The molecule has 0 radical (unpaired) electrons. The van der Waals surface area contributed by atoms with E-state index < -0.39 is 0 Å². The van der Waals surface area contributed by atoms with E-state index in [0.29, 0.717) is 0 Å². The number of para-hydroxylation sites is 4. The number of rotatable bonds is 4. The van der Waals surface area contributed by atoms with Crippen molar-refractivity contribution < 1.29 is 4.42 Å². The summed E-state index contributed by atoms with van der Waals surface area (Å²) in [6, 6.07) is 49.7. The SMILES string of the molecule is CC(C)(C)c1ccc2c(c1)c1ccccc1n2-c1cccc(N(c2ccccc2)c2cccc3c2oc2ccccc23)c1. The Morgan fingerprint density at radius 2 is 1.21 bits per heavy atom. The molecule has 0 amide bonds. The van der Waals surface area contributed by atoms with Gasteiger partial charge in [-0.05, 0) is 71.6 Å². The molecule has 3 heteroatoms. The molecule has 0 fully saturated rings. The first kappa shape index (κ1) is 25.4. The second kappa shape index (κ2) is 9.64. The number of furan rings is 1. The van der Waals surface area contributed by atoms with Crippen LogP contribution >= 0.6 is 0 Å². The van der Waals surface area contributed by atoms with Gasteiger partial charge in [0, 0.05) is 38.6 Å². The van der Waals surface area contributed by atoms with Crippen molar-refractivity contribution in [1.29, 1.82) is 0 Å². The number of nitrogens with zero attached hydrogens (tertiary/aromatic N) is 2. The predicted octanol–water partition coefficient (Wildman–Crippen LogP) is 11.5. The predicted molar refractivity (Wildman–Crippen MR) is 181 cm³/mol. The van der Waals surface area contributed by atoms with E-state index in [1.165, 1.54) is 27.4 Å². The number of aromatic nitrogens is 1. The van der Waals surface area contributed by atoms with Crippen molar-refractivity contribution in [2.75, 3.05) is 4.90 Å². The summed E-state index contributed by atoms with van der Waals surface area (Å²) in [6.45, 7) is 6.83. The van der Waals surface area contributed by atoms with Gasteiger partial charge in [-0.25, -0.2) is 0 Å². The number of hydrogen-bond acceptors (Lipinski definition) is 2. The van der Waals surface area contributed by atoms with Crippen LogP contribution in [0.25, 0.3) is 49.4 Å². The van der Waals surface area contributed by atoms with Crippen molar-refractivity contribution in [2.24, 2.45) is 0 Å². The lowest BCUT2D eigenvalue weighted by Gasteiger charge is -2.26. The standard InChI is InChI=1S/C40H32N2O/c1-40(2,3)27-23-24-36-34(25-27)31-17-7-9-20-35(31)42(36)30-16-11-15-29(26-30)41(28-13-5-4-6-14-28)37-21-12-19-33-32-18-8-10-22-38(32)43-39(33)37/h4-26H,1-3H3. The topological polar surface area (TPSA) is 21.3 Å². The summed E-state index contributed by atoms with van der Waals surface area (Å²) < 4.78 is 8.91. The summed E-state index contributed by atoms with van der Waals surface area (Å²) in [4.78, 5) is 2.31. The van der Waals surface area contributed by atoms with Crippen LogP contribution in [0.1, 0.15) is 26.3 Å². The van der Waals surface area contributed by atoms with Gasteiger partial charge >= 0.3 is 0 Å². The van der Waals surface area contributed by atoms with E-state index in [9.17, 15) is 0 Å². The molecule has 0 N–H and O–H groups in total. The summed E-state index contributed by atoms with van der Waals surface area (Å²) in [5.74, 6) is 0. The maximum absolute atomic E-state index is 6.52. The molecular weight excluding hydrogens is 524 g/mol. The zero-order valence-electron chi connectivity index (χ0n) is 24.6. The van der Waals surface area contributed by atoms with Gasteiger partial charge in [-0.2, -0.15) is 0 Å². The molecule has 0 aliphatic carbocycles. The van der Waals surface area contributed by atoms with Crippen molar-refractivity contribution in [1.82, 2.24) is 4.57 Å². The Bertz CT molecular complexity index is 2280. The first-order valence-corrected chi connectivity index (χ1v) is 14.9. The lowest BCUT2D eigenvalue weighted by molar-refractivity contribution is 0.591. The Hall–Kier alpha value is -5.28. The van der Waals surface area contributed by atoms with Crippen LogP contribution in [0, 0.1) is 0 Å². The fourth-order valence-electron chi connectivity index (χ4n) is 6.40. The second-order valence-corrected chi connectivity index (χ2v) is 12.3. The summed E-state index contributed by atoms with van der Waals surface area (Å²) in [6.07, 6.45) is 0. The van der Waals surface area contributed by atoms with Crippen LogP contribution in [0.15, 0.2) is 144 Å². The summed E-state index contributed by atoms with van der Waals surface area (Å²) in [7, 11) is 0. The Kier molecular flexibility index (Phi) is 5.70. The van der Waals surface area contributed by atoms with Crippen LogP contribution < -0.4 is 4.90 Å². The second-order valence-electron chi connectivity index (χ2n) is 12.3. The largest absolute Gasteiger partial charge is 0.454 e. The highest BCUT2D eigenvalue weighted by atomic mass is 16.3. The van der Waals surface area contributed by atoms with E-state index in [1.807, 2.05) is 12.1 Å². The average Bonchev–Trinajstić information content (AvgIpc) is 3.58. The molecule has 0 saturated heterocycles. The number of hydrogen-bond donors (Lipinski definition) is 0. The van der Waals surface area contributed by atoms with Gasteiger partial charge in [0.15, 0.2) is 5.58 Å². The molecule has 0 aliphatic heterocycles. The molecule has 208 valence electrons. The average molecular weight is 557 g/mol. The van der Waals surface area contributed by atoms with Crippen LogP contribution in [-0.2, 0) is 5.41 Å². The van der Waals surface area contributed by atoms with Crippen LogP contribution in [0.4, 0.5) is 17.1 Å². The van der Waals surface area contributed by atoms with Crippen LogP contribution in [0.3, 0.4) is 0 Å². The van der Waals surface area contributed by atoms with Gasteiger partial charge in [-0.15, -0.1) is 0 Å². The lowest BCUT2D eigenvalue weighted by atomic mass is 9.86. The highest BCUT2D eigenvalue weighted by Gasteiger charge is 2.21. The van der Waals surface area contributed by atoms with E-state index in [2.05, 4.69) is 158 Å². The Balaban J connectivity index is 1.37. The maximum atomic E-state index is 6.52. The molecule has 0 spiro atoms. The molecule has 3 nitrogen and oxygen atoms in total. The van der Waals surface area contributed by atoms with Gasteiger partial charge in [0.25, 0.3) is 0 Å². The molecule has 0 aliphatic rings. The molecule has 0 unspecified atom stereocenters. The van der Waals surface area contributed by atoms with Crippen molar-refractivity contribution >= 4 is 60.8 Å². The molecule has 0 bridgehead atoms. The van der Waals surface area contributed by atoms with Gasteiger partial charge < -0.3 is 13.9 Å². The van der Waals surface area contributed by atoms with Gasteiger partial charge in [0.2, 0.25) is 0 Å². The molecule has 43 heavy (non-hydrogen) atoms. The number of benzene rings is 6. The molecule has 2 heterocycles. The number of anilines is 3. The summed E-state index contributed by atoms with van der Waals surface area (Å²) >= 11 is 0. The van der Waals surface area contributed by atoms with E-state index >= 15 is 0 Å². The fraction of sp³-hybridized carbons (Fsp3) is 0.100. The normalized spacial score (nSPS) is 12.1. The third-order valence-electron chi connectivity index (χ3n) is 8.52. The number of fused-ring (bicyclic) bond motifs is 6. The molecule has 2 aromatic heterocycles. The van der Waals surface area contributed by atoms with E-state index in [-0.39, 0.29) is 5.41 Å². The molecule has 8 aromatic rings. The maximum Gasteiger partial charge on any atom is 0.159 e. The Labute approximate surface area is 251 Å². The minimum absolute atomic E-state index is 0.0746. The lowest BCUT2D eigenvalue weighted by Crippen LogP contribution is -2.11. The Morgan fingerprint density at radius 1 is 0.535 bits per heavy atom. The molecule has 0 saturated carbocycles. The summed E-state index contributed by atoms with van der Waals surface area (Å²) in [5.41, 5.74) is 9.86. The van der Waals surface area contributed by atoms with Gasteiger partial charge in [0.1, 0.15) is 5.58 Å². The van der Waals surface area contributed by atoms with Crippen LogP contribution in [0.2, 0.25) is 0 Å². The quantitative estimate of drug-likeness (QED) is 0.215. The van der Waals surface area contributed by atoms with E-state index in [1.54, 1.807) is 0 Å². The molecule has 8 rings (SSSR count). The van der Waals surface area contributed by atoms with Crippen molar-refractivity contribution in [2.45, 2.75) is 26.2 Å². The fourth-order valence-corrected chi connectivity index (χ4v) is 6.40. The Morgan fingerprint density at radius 3 is 2.05 bits per heavy atom. The molecular formula is C40H32N2O. The van der Waals surface area contributed by atoms with Crippen LogP contribution in [0.5, 0.6) is 0 Å². The third-order valence-corrected chi connectivity index (χ3v) is 8.52. The molecule has 6 aromatic carbocycles. The van der Waals surface area contributed by atoms with Gasteiger partial charge in [0.05, 0.1) is 16.7 Å². The van der Waals surface area contributed by atoms with Crippen molar-refractivity contribution in [3.8, 4) is 5.69 Å². The third kappa shape index (κ3) is 4.11. The summed E-state index contributed by atoms with van der Waals surface area (Å²) in [5, 5.41) is 4.78. The van der Waals surface area contributed by atoms with Gasteiger partial charge in [-0.1, -0.05) is 99.6 Å². The minimum atomic E-state index is 0.0746. The minimum Gasteiger partial charge on any atom is -0.454 e. The van der Waals surface area contributed by atoms with Crippen molar-refractivity contribution in [3.05, 3.63) is 145 Å². The zero-order chi connectivity index (χ0) is 29.1. The smallest absolute Gasteiger partial charge is 0.159 e. The van der Waals surface area contributed by atoms with E-state index in [4.69, 9.17) is 4.42 Å². The first-order valence-electron chi connectivity index (χ1n) is 14.9. The van der Waals surface area contributed by atoms with Gasteiger partial charge in [-0.3, -0.25) is 0 Å².